The summed E-state index contributed by atoms with van der Waals surface area (Å²) in [4.78, 5) is 26.2. The second-order valence-electron chi connectivity index (χ2n) is 6.79. The van der Waals surface area contributed by atoms with Crippen LogP contribution in [0.1, 0.15) is 28.8 Å². The van der Waals surface area contributed by atoms with Crippen LogP contribution in [0.4, 0.5) is 10.5 Å². The van der Waals surface area contributed by atoms with E-state index in [1.54, 1.807) is 24.1 Å². The van der Waals surface area contributed by atoms with Crippen LogP contribution in [0, 0.1) is 6.92 Å². The quantitative estimate of drug-likeness (QED) is 0.788. The molecule has 142 valence electrons. The molecule has 2 N–H and O–H groups in total. The lowest BCUT2D eigenvalue weighted by Crippen LogP contribution is -2.34. The molecule has 0 saturated heterocycles. The molecule has 6 heteroatoms. The molecule has 0 radical (unpaired) electrons. The number of nitrogens with zero attached hydrogens (tertiary/aromatic N) is 1. The Morgan fingerprint density at radius 2 is 1.89 bits per heavy atom. The fraction of sp³-hybridized carbons (Fsp3) is 0.333. The molecule has 3 amide bonds. The van der Waals surface area contributed by atoms with Crippen LogP contribution in [0.3, 0.4) is 0 Å². The van der Waals surface area contributed by atoms with E-state index in [-0.39, 0.29) is 11.9 Å². The highest BCUT2D eigenvalue weighted by Crippen LogP contribution is 2.21. The van der Waals surface area contributed by atoms with Gasteiger partial charge in [-0.2, -0.15) is 0 Å². The third-order valence-electron chi connectivity index (χ3n) is 4.44. The number of benzene rings is 2. The predicted molar refractivity (Wildman–Crippen MR) is 105 cm³/mol. The zero-order chi connectivity index (χ0) is 19.2. The number of rotatable bonds is 7. The first-order valence-electron chi connectivity index (χ1n) is 9.14. The van der Waals surface area contributed by atoms with E-state index in [1.165, 1.54) is 0 Å². The summed E-state index contributed by atoms with van der Waals surface area (Å²) in [5, 5.41) is 5.83. The van der Waals surface area contributed by atoms with Gasteiger partial charge in [0.25, 0.3) is 5.91 Å². The SMILES string of the molecule is Cc1ccc(C(=O)NC2CC2)cc1NC(=O)N(C)CCOc1ccccc1. The molecule has 0 spiro atoms. The smallest absolute Gasteiger partial charge is 0.321 e. The molecule has 0 bridgehead atoms. The highest BCUT2D eigenvalue weighted by molar-refractivity contribution is 5.97. The number of anilines is 1. The van der Waals surface area contributed by atoms with Crippen molar-refractivity contribution in [1.82, 2.24) is 10.2 Å². The van der Waals surface area contributed by atoms with Crippen molar-refractivity contribution < 1.29 is 14.3 Å². The molecule has 27 heavy (non-hydrogen) atoms. The van der Waals surface area contributed by atoms with E-state index in [2.05, 4.69) is 10.6 Å². The molecule has 1 aliphatic rings. The number of para-hydroxylation sites is 1. The van der Waals surface area contributed by atoms with Crippen molar-refractivity contribution in [2.45, 2.75) is 25.8 Å². The largest absolute Gasteiger partial charge is 0.492 e. The molecule has 6 nitrogen and oxygen atoms in total. The van der Waals surface area contributed by atoms with Gasteiger partial charge in [0, 0.05) is 24.3 Å². The Morgan fingerprint density at radius 1 is 1.15 bits per heavy atom. The number of hydrogen-bond acceptors (Lipinski definition) is 3. The minimum atomic E-state index is -0.241. The lowest BCUT2D eigenvalue weighted by atomic mass is 10.1. The fourth-order valence-corrected chi connectivity index (χ4v) is 2.52. The number of carbonyl (C=O) groups is 2. The van der Waals surface area contributed by atoms with Gasteiger partial charge >= 0.3 is 6.03 Å². The van der Waals surface area contributed by atoms with Crippen molar-refractivity contribution in [3.8, 4) is 5.75 Å². The maximum atomic E-state index is 12.4. The normalized spacial score (nSPS) is 13.0. The maximum absolute atomic E-state index is 12.4. The van der Waals surface area contributed by atoms with Gasteiger partial charge in [-0.05, 0) is 49.6 Å². The highest BCUT2D eigenvalue weighted by Gasteiger charge is 2.24. The molecule has 0 heterocycles. The summed E-state index contributed by atoms with van der Waals surface area (Å²) in [5.74, 6) is 0.675. The van der Waals surface area contributed by atoms with E-state index in [1.807, 2.05) is 43.3 Å². The predicted octanol–water partition coefficient (Wildman–Crippen LogP) is 3.43. The molecule has 1 aliphatic carbocycles. The van der Waals surface area contributed by atoms with Gasteiger partial charge in [0.2, 0.25) is 0 Å². The van der Waals surface area contributed by atoms with Crippen molar-refractivity contribution in [2.24, 2.45) is 0 Å². The van der Waals surface area contributed by atoms with Crippen molar-refractivity contribution in [1.29, 1.82) is 0 Å². The van der Waals surface area contributed by atoms with Gasteiger partial charge in [-0.15, -0.1) is 0 Å². The highest BCUT2D eigenvalue weighted by atomic mass is 16.5. The van der Waals surface area contributed by atoms with Crippen molar-refractivity contribution in [3.05, 3.63) is 59.7 Å². The molecule has 0 aliphatic heterocycles. The summed E-state index contributed by atoms with van der Waals surface area (Å²) in [6.45, 7) is 2.75. The summed E-state index contributed by atoms with van der Waals surface area (Å²) >= 11 is 0. The van der Waals surface area contributed by atoms with Gasteiger partial charge < -0.3 is 20.3 Å². The Balaban J connectivity index is 1.53. The van der Waals surface area contributed by atoms with Crippen LogP contribution in [0.5, 0.6) is 5.75 Å². The molecule has 1 fully saturated rings. The molecule has 1 saturated carbocycles. The van der Waals surface area contributed by atoms with Crippen LogP contribution in [-0.4, -0.2) is 43.1 Å². The second-order valence-corrected chi connectivity index (χ2v) is 6.79. The van der Waals surface area contributed by atoms with E-state index in [4.69, 9.17) is 4.74 Å². The summed E-state index contributed by atoms with van der Waals surface area (Å²) in [7, 11) is 1.71. The molecule has 0 unspecified atom stereocenters. The Kier molecular flexibility index (Phi) is 5.96. The average Bonchev–Trinajstić information content (AvgIpc) is 3.48. The number of hydrogen-bond donors (Lipinski definition) is 2. The van der Waals surface area contributed by atoms with Crippen molar-refractivity contribution in [3.63, 3.8) is 0 Å². The Bertz CT molecular complexity index is 804. The number of ether oxygens (including phenoxy) is 1. The van der Waals surface area contributed by atoms with Gasteiger partial charge in [-0.3, -0.25) is 4.79 Å². The molecule has 0 atom stereocenters. The summed E-state index contributed by atoms with van der Waals surface area (Å²) in [6.07, 6.45) is 2.08. The lowest BCUT2D eigenvalue weighted by Gasteiger charge is -2.19. The summed E-state index contributed by atoms with van der Waals surface area (Å²) in [6, 6.07) is 14.9. The standard InChI is InChI=1S/C21H25N3O3/c1-15-8-9-16(20(25)22-17-10-11-17)14-19(15)23-21(26)24(2)12-13-27-18-6-4-3-5-7-18/h3-9,14,17H,10-13H2,1-2H3,(H,22,25)(H,23,26). The zero-order valence-corrected chi connectivity index (χ0v) is 15.7. The van der Waals surface area contributed by atoms with Crippen LogP contribution >= 0.6 is 0 Å². The number of urea groups is 1. The minimum Gasteiger partial charge on any atom is -0.492 e. The maximum Gasteiger partial charge on any atom is 0.321 e. The van der Waals surface area contributed by atoms with Gasteiger partial charge in [-0.25, -0.2) is 4.79 Å². The van der Waals surface area contributed by atoms with Crippen LogP contribution < -0.4 is 15.4 Å². The van der Waals surface area contributed by atoms with Crippen molar-refractivity contribution >= 4 is 17.6 Å². The molecule has 2 aromatic carbocycles. The molecule has 0 aromatic heterocycles. The van der Waals surface area contributed by atoms with Crippen molar-refractivity contribution in [2.75, 3.05) is 25.5 Å². The number of aryl methyl sites for hydroxylation is 1. The second kappa shape index (κ2) is 8.58. The van der Waals surface area contributed by atoms with Crippen LogP contribution in [0.2, 0.25) is 0 Å². The first-order chi connectivity index (χ1) is 13.0. The Labute approximate surface area is 159 Å². The number of amides is 3. The topological polar surface area (TPSA) is 70.7 Å². The Morgan fingerprint density at radius 3 is 2.59 bits per heavy atom. The number of carbonyl (C=O) groups excluding carboxylic acids is 2. The average molecular weight is 367 g/mol. The van der Waals surface area contributed by atoms with E-state index in [0.717, 1.165) is 24.2 Å². The molecule has 3 rings (SSSR count). The summed E-state index contributed by atoms with van der Waals surface area (Å²) < 4.78 is 5.62. The zero-order valence-electron chi connectivity index (χ0n) is 15.7. The third-order valence-corrected chi connectivity index (χ3v) is 4.44. The van der Waals surface area contributed by atoms with Gasteiger partial charge in [0.15, 0.2) is 0 Å². The van der Waals surface area contributed by atoms with Crippen LogP contribution in [-0.2, 0) is 0 Å². The van der Waals surface area contributed by atoms with E-state index < -0.39 is 0 Å². The lowest BCUT2D eigenvalue weighted by molar-refractivity contribution is 0.0951. The Hall–Kier alpha value is -3.02. The third kappa shape index (κ3) is 5.48. The van der Waals surface area contributed by atoms with Crippen LogP contribution in [0.25, 0.3) is 0 Å². The minimum absolute atomic E-state index is 0.0994. The fourth-order valence-electron chi connectivity index (χ4n) is 2.52. The summed E-state index contributed by atoms with van der Waals surface area (Å²) in [5.41, 5.74) is 2.09. The van der Waals surface area contributed by atoms with Gasteiger partial charge in [0.05, 0.1) is 6.54 Å². The van der Waals surface area contributed by atoms with E-state index in [0.29, 0.717) is 30.4 Å². The van der Waals surface area contributed by atoms with Crippen LogP contribution in [0.15, 0.2) is 48.5 Å². The van der Waals surface area contributed by atoms with Gasteiger partial charge in [0.1, 0.15) is 12.4 Å². The number of likely N-dealkylation sites (N-methyl/N-ethyl adjacent to an activating group) is 1. The first kappa shape index (κ1) is 18.8. The molecular weight excluding hydrogens is 342 g/mol. The first-order valence-corrected chi connectivity index (χ1v) is 9.14. The van der Waals surface area contributed by atoms with Gasteiger partial charge in [-0.1, -0.05) is 24.3 Å². The monoisotopic (exact) mass is 367 g/mol. The molecule has 2 aromatic rings. The van der Waals surface area contributed by atoms with E-state index >= 15 is 0 Å². The molecular formula is C21H25N3O3. The number of nitrogens with one attached hydrogen (secondary N) is 2. The van der Waals surface area contributed by atoms with E-state index in [9.17, 15) is 9.59 Å².